The van der Waals surface area contributed by atoms with Gasteiger partial charge in [0.2, 0.25) is 10.0 Å². The van der Waals surface area contributed by atoms with Crippen LogP contribution in [0.15, 0.2) is 53.4 Å². The smallest absolute Gasteiger partial charge is 0.337 e. The Morgan fingerprint density at radius 1 is 1.19 bits per heavy atom. The van der Waals surface area contributed by atoms with Crippen molar-refractivity contribution in [2.75, 3.05) is 20.2 Å². The fourth-order valence-electron chi connectivity index (χ4n) is 3.13. The number of carbonyl (C=O) groups is 1. The first-order chi connectivity index (χ1) is 12.3. The predicted molar refractivity (Wildman–Crippen MR) is 106 cm³/mol. The van der Waals surface area contributed by atoms with Crippen molar-refractivity contribution in [2.24, 2.45) is 5.73 Å². The van der Waals surface area contributed by atoms with Crippen molar-refractivity contribution < 1.29 is 17.9 Å². The van der Waals surface area contributed by atoms with E-state index in [2.05, 4.69) is 4.74 Å². The van der Waals surface area contributed by atoms with E-state index >= 15 is 0 Å². The summed E-state index contributed by atoms with van der Waals surface area (Å²) in [5.41, 5.74) is 7.39. The van der Waals surface area contributed by atoms with E-state index in [0.29, 0.717) is 0 Å². The summed E-state index contributed by atoms with van der Waals surface area (Å²) in [5, 5.41) is -0.0235. The molecule has 2 aromatic rings. The maximum Gasteiger partial charge on any atom is 0.337 e. The summed E-state index contributed by atoms with van der Waals surface area (Å²) in [6, 6.07) is 13.3. The molecule has 27 heavy (non-hydrogen) atoms. The van der Waals surface area contributed by atoms with Crippen LogP contribution < -0.4 is 5.73 Å². The molecule has 0 bridgehead atoms. The van der Waals surface area contributed by atoms with Gasteiger partial charge in [-0.25, -0.2) is 13.2 Å². The summed E-state index contributed by atoms with van der Waals surface area (Å²) < 4.78 is 32.0. The molecule has 6 nitrogen and oxygen atoms in total. The topological polar surface area (TPSA) is 89.7 Å². The van der Waals surface area contributed by atoms with Crippen LogP contribution in [-0.4, -0.2) is 44.9 Å². The third-order valence-corrected chi connectivity index (χ3v) is 6.84. The minimum atomic E-state index is -3.82. The van der Waals surface area contributed by atoms with Crippen molar-refractivity contribution >= 4 is 40.0 Å². The van der Waals surface area contributed by atoms with Crippen LogP contribution in [0.1, 0.15) is 21.8 Å². The third-order valence-electron chi connectivity index (χ3n) is 4.53. The molecule has 1 fully saturated rings. The Kier molecular flexibility index (Phi) is 6.88. The van der Waals surface area contributed by atoms with E-state index in [9.17, 15) is 13.2 Å². The van der Waals surface area contributed by atoms with Crippen LogP contribution in [0.2, 0.25) is 5.02 Å². The quantitative estimate of drug-likeness (QED) is 0.752. The number of ether oxygens (including phenoxy) is 1. The standard InChI is InChI=1S/C18H19ClN2O4S.ClH/c1-25-18(22)13-7-8-17(15(19)9-13)26(23,24)21-10-14(16(20)11-21)12-5-3-2-4-6-12;/h2-9,14,16H,10-11,20H2,1H3;1H/t14-,16+;/m0./s1. The Balaban J connectivity index is 0.00000261. The van der Waals surface area contributed by atoms with E-state index in [0.717, 1.165) is 5.56 Å². The molecule has 0 saturated carbocycles. The number of benzene rings is 2. The molecule has 0 aromatic heterocycles. The average Bonchev–Trinajstić information content (AvgIpc) is 3.04. The summed E-state index contributed by atoms with van der Waals surface area (Å²) >= 11 is 6.14. The molecule has 0 unspecified atom stereocenters. The molecule has 1 aliphatic rings. The second kappa shape index (κ2) is 8.58. The van der Waals surface area contributed by atoms with Gasteiger partial charge in [0.15, 0.2) is 0 Å². The molecular weight excluding hydrogens is 411 g/mol. The summed E-state index contributed by atoms with van der Waals surface area (Å²) in [6.45, 7) is 0.486. The number of methoxy groups -OCH3 is 1. The number of sulfonamides is 1. The number of esters is 1. The molecule has 1 saturated heterocycles. The Labute approximate surface area is 169 Å². The molecular formula is C18H20Cl2N2O4S. The van der Waals surface area contributed by atoms with Gasteiger partial charge < -0.3 is 10.5 Å². The fourth-order valence-corrected chi connectivity index (χ4v) is 5.16. The SMILES string of the molecule is COC(=O)c1ccc(S(=O)(=O)N2C[C@@H](N)[C@H](c3ccccc3)C2)c(Cl)c1.Cl. The van der Waals surface area contributed by atoms with E-state index in [-0.39, 0.29) is 52.9 Å². The van der Waals surface area contributed by atoms with Crippen molar-refractivity contribution in [3.8, 4) is 0 Å². The predicted octanol–water partition coefficient (Wildman–Crippen LogP) is 2.66. The van der Waals surface area contributed by atoms with Crippen molar-refractivity contribution in [2.45, 2.75) is 16.9 Å². The first kappa shape index (κ1) is 21.7. The molecule has 2 aromatic carbocycles. The fraction of sp³-hybridized carbons (Fsp3) is 0.278. The van der Waals surface area contributed by atoms with Gasteiger partial charge in [-0.3, -0.25) is 0 Å². The van der Waals surface area contributed by atoms with Crippen molar-refractivity contribution in [1.29, 1.82) is 0 Å². The second-order valence-electron chi connectivity index (χ2n) is 6.14. The Morgan fingerprint density at radius 3 is 2.44 bits per heavy atom. The van der Waals surface area contributed by atoms with Crippen LogP contribution in [-0.2, 0) is 14.8 Å². The van der Waals surface area contributed by atoms with Gasteiger partial charge in [-0.05, 0) is 23.8 Å². The van der Waals surface area contributed by atoms with Crippen molar-refractivity contribution in [3.05, 3.63) is 64.7 Å². The van der Waals surface area contributed by atoms with Crippen molar-refractivity contribution in [1.82, 2.24) is 4.31 Å². The molecule has 2 atom stereocenters. The zero-order chi connectivity index (χ0) is 18.9. The second-order valence-corrected chi connectivity index (χ2v) is 8.45. The van der Waals surface area contributed by atoms with E-state index in [1.807, 2.05) is 30.3 Å². The molecule has 0 aliphatic carbocycles. The third kappa shape index (κ3) is 4.28. The molecule has 2 N–H and O–H groups in total. The highest BCUT2D eigenvalue weighted by molar-refractivity contribution is 7.89. The highest BCUT2D eigenvalue weighted by atomic mass is 35.5. The molecule has 9 heteroatoms. The van der Waals surface area contributed by atoms with Gasteiger partial charge in [0.05, 0.1) is 17.7 Å². The zero-order valence-corrected chi connectivity index (χ0v) is 16.9. The minimum Gasteiger partial charge on any atom is -0.465 e. The largest absolute Gasteiger partial charge is 0.465 e. The number of hydrogen-bond donors (Lipinski definition) is 1. The maximum atomic E-state index is 13.0. The van der Waals surface area contributed by atoms with Gasteiger partial charge in [-0.2, -0.15) is 4.31 Å². The molecule has 146 valence electrons. The van der Waals surface area contributed by atoms with Gasteiger partial charge in [-0.15, -0.1) is 12.4 Å². The number of carbonyl (C=O) groups excluding carboxylic acids is 1. The van der Waals surface area contributed by atoms with Crippen LogP contribution >= 0.6 is 24.0 Å². The minimum absolute atomic E-state index is 0. The van der Waals surface area contributed by atoms with Gasteiger partial charge >= 0.3 is 5.97 Å². The highest BCUT2D eigenvalue weighted by Crippen LogP contribution is 2.33. The lowest BCUT2D eigenvalue weighted by Crippen LogP contribution is -2.32. The Morgan fingerprint density at radius 2 is 1.85 bits per heavy atom. The van der Waals surface area contributed by atoms with Gasteiger partial charge in [0, 0.05) is 25.0 Å². The average molecular weight is 431 g/mol. The van der Waals surface area contributed by atoms with Crippen molar-refractivity contribution in [3.63, 3.8) is 0 Å². The first-order valence-corrected chi connectivity index (χ1v) is 9.85. The lowest BCUT2D eigenvalue weighted by Gasteiger charge is -2.17. The van der Waals surface area contributed by atoms with E-state index in [4.69, 9.17) is 17.3 Å². The summed E-state index contributed by atoms with van der Waals surface area (Å²) in [4.78, 5) is 11.5. The van der Waals surface area contributed by atoms with Crippen LogP contribution in [0, 0.1) is 0 Å². The molecule has 0 spiro atoms. The first-order valence-electron chi connectivity index (χ1n) is 8.03. The highest BCUT2D eigenvalue weighted by Gasteiger charge is 2.39. The van der Waals surface area contributed by atoms with Crippen LogP contribution in [0.3, 0.4) is 0 Å². The number of rotatable bonds is 4. The molecule has 3 rings (SSSR count). The molecule has 0 amide bonds. The van der Waals surface area contributed by atoms with Crippen LogP contribution in [0.25, 0.3) is 0 Å². The Hall–Kier alpha value is -1.64. The Bertz CT molecular complexity index is 922. The normalized spacial score (nSPS) is 20.1. The van der Waals surface area contributed by atoms with E-state index < -0.39 is 16.0 Å². The van der Waals surface area contributed by atoms with Gasteiger partial charge in [0.1, 0.15) is 4.90 Å². The maximum absolute atomic E-state index is 13.0. The van der Waals surface area contributed by atoms with Crippen LogP contribution in [0.4, 0.5) is 0 Å². The van der Waals surface area contributed by atoms with Crippen LogP contribution in [0.5, 0.6) is 0 Å². The lowest BCUT2D eigenvalue weighted by atomic mass is 9.95. The monoisotopic (exact) mass is 430 g/mol. The lowest BCUT2D eigenvalue weighted by molar-refractivity contribution is 0.0600. The number of halogens is 2. The summed E-state index contributed by atoms with van der Waals surface area (Å²) in [6.07, 6.45) is 0. The summed E-state index contributed by atoms with van der Waals surface area (Å²) in [7, 11) is -2.58. The molecule has 1 aliphatic heterocycles. The zero-order valence-electron chi connectivity index (χ0n) is 14.5. The van der Waals surface area contributed by atoms with Gasteiger partial charge in [0.25, 0.3) is 0 Å². The number of nitrogens with two attached hydrogens (primary N) is 1. The van der Waals surface area contributed by atoms with E-state index in [1.165, 1.54) is 29.6 Å². The molecule has 1 heterocycles. The summed E-state index contributed by atoms with van der Waals surface area (Å²) in [5.74, 6) is -0.665. The number of nitrogens with zero attached hydrogens (tertiary/aromatic N) is 1. The van der Waals surface area contributed by atoms with Gasteiger partial charge in [-0.1, -0.05) is 41.9 Å². The van der Waals surface area contributed by atoms with E-state index in [1.54, 1.807) is 0 Å². The molecule has 0 radical (unpaired) electrons. The number of hydrogen-bond acceptors (Lipinski definition) is 5.